The highest BCUT2D eigenvalue weighted by Crippen LogP contribution is 2.10. The molecule has 0 fully saturated rings. The first-order chi connectivity index (χ1) is 11.5. The number of rotatable bonds is 6. The number of halogens is 2. The molecule has 126 valence electrons. The van der Waals surface area contributed by atoms with Crippen LogP contribution < -0.4 is 10.6 Å². The van der Waals surface area contributed by atoms with Gasteiger partial charge in [-0.25, -0.2) is 0 Å². The summed E-state index contributed by atoms with van der Waals surface area (Å²) in [5.74, 6) is -0.543. The van der Waals surface area contributed by atoms with Crippen molar-refractivity contribution in [2.45, 2.75) is 19.4 Å². The van der Waals surface area contributed by atoms with Gasteiger partial charge in [-0.2, -0.15) is 0 Å². The van der Waals surface area contributed by atoms with Crippen molar-refractivity contribution >= 4 is 35.0 Å². The SMILES string of the molecule is CC(NC(=O)c1ccc(Cl)cc1)C(=O)NCCc1ccc(Cl)cc1. The molecule has 2 aromatic rings. The van der Waals surface area contributed by atoms with Gasteiger partial charge in [0.15, 0.2) is 0 Å². The van der Waals surface area contributed by atoms with Crippen molar-refractivity contribution in [3.63, 3.8) is 0 Å². The maximum atomic E-state index is 12.1. The molecule has 0 aliphatic rings. The highest BCUT2D eigenvalue weighted by Gasteiger charge is 2.16. The van der Waals surface area contributed by atoms with Crippen LogP contribution in [0.2, 0.25) is 10.0 Å². The Morgan fingerprint density at radius 3 is 2.08 bits per heavy atom. The lowest BCUT2D eigenvalue weighted by molar-refractivity contribution is -0.122. The van der Waals surface area contributed by atoms with E-state index in [4.69, 9.17) is 23.2 Å². The average molecular weight is 365 g/mol. The number of benzene rings is 2. The zero-order chi connectivity index (χ0) is 17.5. The zero-order valence-corrected chi connectivity index (χ0v) is 14.7. The third-order valence-corrected chi connectivity index (χ3v) is 3.98. The number of carbonyl (C=O) groups excluding carboxylic acids is 2. The van der Waals surface area contributed by atoms with E-state index in [1.54, 1.807) is 31.2 Å². The lowest BCUT2D eigenvalue weighted by atomic mass is 10.1. The number of hydrogen-bond donors (Lipinski definition) is 2. The molecule has 0 spiro atoms. The molecule has 2 rings (SSSR count). The molecule has 4 nitrogen and oxygen atoms in total. The molecule has 0 aromatic heterocycles. The summed E-state index contributed by atoms with van der Waals surface area (Å²) in [6, 6.07) is 13.3. The number of hydrogen-bond acceptors (Lipinski definition) is 2. The molecule has 1 atom stereocenters. The Morgan fingerprint density at radius 2 is 1.50 bits per heavy atom. The van der Waals surface area contributed by atoms with Crippen LogP contribution in [0, 0.1) is 0 Å². The van der Waals surface area contributed by atoms with Gasteiger partial charge >= 0.3 is 0 Å². The number of carbonyl (C=O) groups is 2. The van der Waals surface area contributed by atoms with Crippen molar-refractivity contribution in [1.82, 2.24) is 10.6 Å². The topological polar surface area (TPSA) is 58.2 Å². The van der Waals surface area contributed by atoms with Gasteiger partial charge in [0.2, 0.25) is 5.91 Å². The quantitative estimate of drug-likeness (QED) is 0.824. The van der Waals surface area contributed by atoms with Gasteiger partial charge in [0.05, 0.1) is 0 Å². The molecule has 0 aliphatic carbocycles. The minimum Gasteiger partial charge on any atom is -0.354 e. The first kappa shape index (κ1) is 18.3. The van der Waals surface area contributed by atoms with E-state index in [2.05, 4.69) is 10.6 Å². The highest BCUT2D eigenvalue weighted by atomic mass is 35.5. The fourth-order valence-corrected chi connectivity index (χ4v) is 2.33. The molecule has 2 N–H and O–H groups in total. The Morgan fingerprint density at radius 1 is 0.958 bits per heavy atom. The molecule has 2 amide bonds. The van der Waals surface area contributed by atoms with Gasteiger partial charge in [0.25, 0.3) is 5.91 Å². The predicted molar refractivity (Wildman–Crippen MR) is 96.5 cm³/mol. The van der Waals surface area contributed by atoms with Gasteiger partial charge in [-0.3, -0.25) is 9.59 Å². The third-order valence-electron chi connectivity index (χ3n) is 3.47. The van der Waals surface area contributed by atoms with E-state index < -0.39 is 6.04 Å². The molecule has 0 aliphatic heterocycles. The van der Waals surface area contributed by atoms with E-state index in [9.17, 15) is 9.59 Å². The van der Waals surface area contributed by atoms with E-state index in [-0.39, 0.29) is 11.8 Å². The fourth-order valence-electron chi connectivity index (χ4n) is 2.08. The van der Waals surface area contributed by atoms with E-state index in [0.29, 0.717) is 28.6 Å². The van der Waals surface area contributed by atoms with Crippen molar-refractivity contribution < 1.29 is 9.59 Å². The molecule has 6 heteroatoms. The van der Waals surface area contributed by atoms with Crippen molar-refractivity contribution in [2.24, 2.45) is 0 Å². The second kappa shape index (κ2) is 8.71. The Labute approximate surface area is 151 Å². The van der Waals surface area contributed by atoms with E-state index in [1.807, 2.05) is 24.3 Å². The van der Waals surface area contributed by atoms with Gasteiger partial charge in [0, 0.05) is 22.2 Å². The fraction of sp³-hybridized carbons (Fsp3) is 0.222. The largest absolute Gasteiger partial charge is 0.354 e. The van der Waals surface area contributed by atoms with E-state index >= 15 is 0 Å². The average Bonchev–Trinajstić information content (AvgIpc) is 2.57. The van der Waals surface area contributed by atoms with Gasteiger partial charge in [-0.05, 0) is 55.3 Å². The minimum atomic E-state index is -0.626. The Balaban J connectivity index is 1.78. The van der Waals surface area contributed by atoms with Crippen molar-refractivity contribution in [1.29, 1.82) is 0 Å². The van der Waals surface area contributed by atoms with Crippen LogP contribution in [-0.4, -0.2) is 24.4 Å². The number of amides is 2. The van der Waals surface area contributed by atoms with Crippen LogP contribution in [0.1, 0.15) is 22.8 Å². The van der Waals surface area contributed by atoms with Crippen LogP contribution in [0.15, 0.2) is 48.5 Å². The summed E-state index contributed by atoms with van der Waals surface area (Å²) in [5, 5.41) is 6.70. The molecule has 0 heterocycles. The van der Waals surface area contributed by atoms with Crippen molar-refractivity contribution in [2.75, 3.05) is 6.54 Å². The molecular formula is C18H18Cl2N2O2. The lowest BCUT2D eigenvalue weighted by Gasteiger charge is -2.14. The Hall–Kier alpha value is -2.04. The molecule has 0 saturated carbocycles. The monoisotopic (exact) mass is 364 g/mol. The standard InChI is InChI=1S/C18H18Cl2N2O2/c1-12(22-18(24)14-4-8-16(20)9-5-14)17(23)21-11-10-13-2-6-15(19)7-3-13/h2-9,12H,10-11H2,1H3,(H,21,23)(H,22,24). The predicted octanol–water partition coefficient (Wildman–Crippen LogP) is 3.47. The van der Waals surface area contributed by atoms with Gasteiger partial charge in [-0.15, -0.1) is 0 Å². The lowest BCUT2D eigenvalue weighted by Crippen LogP contribution is -2.45. The van der Waals surface area contributed by atoms with Crippen molar-refractivity contribution in [3.05, 3.63) is 69.7 Å². The van der Waals surface area contributed by atoms with Crippen LogP contribution in [0.25, 0.3) is 0 Å². The van der Waals surface area contributed by atoms with Crippen molar-refractivity contribution in [3.8, 4) is 0 Å². The van der Waals surface area contributed by atoms with Crippen LogP contribution in [0.5, 0.6) is 0 Å². The smallest absolute Gasteiger partial charge is 0.251 e. The van der Waals surface area contributed by atoms with Gasteiger partial charge < -0.3 is 10.6 Å². The Bertz CT molecular complexity index is 700. The first-order valence-corrected chi connectivity index (χ1v) is 8.30. The van der Waals surface area contributed by atoms with Crippen LogP contribution in [-0.2, 0) is 11.2 Å². The molecular weight excluding hydrogens is 347 g/mol. The zero-order valence-electron chi connectivity index (χ0n) is 13.2. The number of nitrogens with one attached hydrogen (secondary N) is 2. The summed E-state index contributed by atoms with van der Waals surface area (Å²) in [6.07, 6.45) is 0.695. The molecule has 0 bridgehead atoms. The first-order valence-electron chi connectivity index (χ1n) is 7.54. The summed E-state index contributed by atoms with van der Waals surface area (Å²) in [7, 11) is 0. The summed E-state index contributed by atoms with van der Waals surface area (Å²) < 4.78 is 0. The van der Waals surface area contributed by atoms with E-state index in [1.165, 1.54) is 0 Å². The van der Waals surface area contributed by atoms with Gasteiger partial charge in [0.1, 0.15) is 6.04 Å². The van der Waals surface area contributed by atoms with E-state index in [0.717, 1.165) is 5.56 Å². The Kier molecular flexibility index (Phi) is 6.64. The maximum Gasteiger partial charge on any atom is 0.251 e. The van der Waals surface area contributed by atoms with Crippen LogP contribution in [0.4, 0.5) is 0 Å². The summed E-state index contributed by atoms with van der Waals surface area (Å²) >= 11 is 11.6. The summed E-state index contributed by atoms with van der Waals surface area (Å²) in [5.41, 5.74) is 1.54. The third kappa shape index (κ3) is 5.55. The second-order valence-corrected chi connectivity index (χ2v) is 6.24. The maximum absolute atomic E-state index is 12.1. The summed E-state index contributed by atoms with van der Waals surface area (Å²) in [4.78, 5) is 24.1. The molecule has 24 heavy (non-hydrogen) atoms. The summed E-state index contributed by atoms with van der Waals surface area (Å²) in [6.45, 7) is 2.13. The minimum absolute atomic E-state index is 0.230. The van der Waals surface area contributed by atoms with Crippen LogP contribution in [0.3, 0.4) is 0 Å². The highest BCUT2D eigenvalue weighted by molar-refractivity contribution is 6.30. The normalized spacial score (nSPS) is 11.6. The molecule has 0 radical (unpaired) electrons. The van der Waals surface area contributed by atoms with Gasteiger partial charge in [-0.1, -0.05) is 35.3 Å². The molecule has 1 unspecified atom stereocenters. The van der Waals surface area contributed by atoms with Crippen LogP contribution >= 0.6 is 23.2 Å². The molecule has 2 aromatic carbocycles. The molecule has 0 saturated heterocycles. The second-order valence-electron chi connectivity index (χ2n) is 5.37.